The second-order valence-corrected chi connectivity index (χ2v) is 4.75. The van der Waals surface area contributed by atoms with Gasteiger partial charge in [0.1, 0.15) is 5.75 Å². The van der Waals surface area contributed by atoms with Crippen molar-refractivity contribution in [3.8, 4) is 11.8 Å². The lowest BCUT2D eigenvalue weighted by Crippen LogP contribution is -2.09. The number of rotatable bonds is 2. The van der Waals surface area contributed by atoms with Crippen molar-refractivity contribution in [1.29, 1.82) is 5.26 Å². The van der Waals surface area contributed by atoms with E-state index in [1.54, 1.807) is 7.11 Å². The Morgan fingerprint density at radius 3 is 2.47 bits per heavy atom. The number of nitriles is 1. The molecule has 2 nitrogen and oxygen atoms in total. The molecule has 0 amide bonds. The van der Waals surface area contributed by atoms with Crippen LogP contribution in [0.4, 0.5) is 0 Å². The third-order valence-corrected chi connectivity index (χ3v) is 3.73. The van der Waals surface area contributed by atoms with Gasteiger partial charge in [0.15, 0.2) is 0 Å². The molecule has 0 bridgehead atoms. The van der Waals surface area contributed by atoms with E-state index in [9.17, 15) is 5.26 Å². The quantitative estimate of drug-likeness (QED) is 0.721. The predicted molar refractivity (Wildman–Crippen MR) is 67.9 cm³/mol. The molecular weight excluding hydrogens is 210 g/mol. The number of benzene rings is 1. The molecular formula is C15H19NO. The fraction of sp³-hybridized carbons (Fsp3) is 0.533. The van der Waals surface area contributed by atoms with Gasteiger partial charge in [-0.2, -0.15) is 5.26 Å². The summed E-state index contributed by atoms with van der Waals surface area (Å²) in [6, 6.07) is 10.7. The van der Waals surface area contributed by atoms with E-state index in [1.165, 1.54) is 24.8 Å². The number of nitrogens with zero attached hydrogens (tertiary/aromatic N) is 1. The molecule has 1 aliphatic rings. The minimum Gasteiger partial charge on any atom is -0.497 e. The molecule has 0 aliphatic heterocycles. The molecule has 2 unspecified atom stereocenters. The predicted octanol–water partition coefficient (Wildman–Crippen LogP) is 3.88. The summed E-state index contributed by atoms with van der Waals surface area (Å²) in [5, 5.41) is 9.27. The second kappa shape index (κ2) is 5.72. The molecule has 0 saturated heterocycles. The normalized spacial score (nSPS) is 24.7. The van der Waals surface area contributed by atoms with E-state index in [-0.39, 0.29) is 5.92 Å². The molecule has 90 valence electrons. The summed E-state index contributed by atoms with van der Waals surface area (Å²) in [7, 11) is 1.68. The van der Waals surface area contributed by atoms with Crippen molar-refractivity contribution in [3.63, 3.8) is 0 Å². The van der Waals surface area contributed by atoms with Gasteiger partial charge in [-0.3, -0.25) is 0 Å². The van der Waals surface area contributed by atoms with Crippen LogP contribution >= 0.6 is 0 Å². The van der Waals surface area contributed by atoms with Crippen molar-refractivity contribution in [2.75, 3.05) is 7.11 Å². The second-order valence-electron chi connectivity index (χ2n) is 4.75. The molecule has 2 heteroatoms. The van der Waals surface area contributed by atoms with Crippen molar-refractivity contribution in [2.24, 2.45) is 5.92 Å². The van der Waals surface area contributed by atoms with Gasteiger partial charge in [0.2, 0.25) is 0 Å². The van der Waals surface area contributed by atoms with Crippen molar-refractivity contribution in [2.45, 2.75) is 38.0 Å². The molecule has 0 N–H and O–H groups in total. The zero-order valence-corrected chi connectivity index (χ0v) is 10.4. The number of hydrogen-bond donors (Lipinski definition) is 0. The summed E-state index contributed by atoms with van der Waals surface area (Å²) in [6.07, 6.45) is 5.91. The van der Waals surface area contributed by atoms with E-state index in [4.69, 9.17) is 4.74 Å². The van der Waals surface area contributed by atoms with Crippen LogP contribution in [0.1, 0.15) is 43.6 Å². The Morgan fingerprint density at radius 2 is 1.82 bits per heavy atom. The van der Waals surface area contributed by atoms with E-state index in [2.05, 4.69) is 18.2 Å². The van der Waals surface area contributed by atoms with Gasteiger partial charge in [-0.05, 0) is 36.5 Å². The zero-order chi connectivity index (χ0) is 12.1. The van der Waals surface area contributed by atoms with Gasteiger partial charge in [-0.1, -0.05) is 31.4 Å². The Balaban J connectivity index is 2.19. The van der Waals surface area contributed by atoms with Crippen LogP contribution in [0.15, 0.2) is 24.3 Å². The Labute approximate surface area is 103 Å². The summed E-state index contributed by atoms with van der Waals surface area (Å²) >= 11 is 0. The lowest BCUT2D eigenvalue weighted by Gasteiger charge is -2.19. The third kappa shape index (κ3) is 2.79. The maximum absolute atomic E-state index is 9.27. The first-order valence-corrected chi connectivity index (χ1v) is 6.38. The molecule has 2 atom stereocenters. The molecule has 1 fully saturated rings. The van der Waals surface area contributed by atoms with Gasteiger partial charge in [0, 0.05) is 0 Å². The Morgan fingerprint density at radius 1 is 1.12 bits per heavy atom. The average molecular weight is 229 g/mol. The molecule has 17 heavy (non-hydrogen) atoms. The first-order valence-electron chi connectivity index (χ1n) is 6.38. The van der Waals surface area contributed by atoms with Gasteiger partial charge in [-0.15, -0.1) is 0 Å². The number of ether oxygens (including phenoxy) is 1. The standard InChI is InChI=1S/C15H19NO/c1-17-14-9-7-12(8-10-14)15-6-4-2-3-5-13(15)11-16/h7-10,13,15H,2-6H2,1H3. The lowest BCUT2D eigenvalue weighted by atomic mass is 9.83. The van der Waals surface area contributed by atoms with E-state index in [0.29, 0.717) is 5.92 Å². The number of hydrogen-bond acceptors (Lipinski definition) is 2. The number of methoxy groups -OCH3 is 1. The van der Waals surface area contributed by atoms with Crippen LogP contribution in [0, 0.1) is 17.2 Å². The fourth-order valence-electron chi connectivity index (χ4n) is 2.71. The first-order chi connectivity index (χ1) is 8.35. The highest BCUT2D eigenvalue weighted by molar-refractivity contribution is 5.30. The van der Waals surface area contributed by atoms with Gasteiger partial charge >= 0.3 is 0 Å². The summed E-state index contributed by atoms with van der Waals surface area (Å²) in [5.41, 5.74) is 1.29. The maximum atomic E-state index is 9.27. The molecule has 1 aromatic rings. The average Bonchev–Trinajstić information content (AvgIpc) is 2.64. The van der Waals surface area contributed by atoms with Crippen LogP contribution in [-0.2, 0) is 0 Å². The first kappa shape index (κ1) is 12.0. The van der Waals surface area contributed by atoms with Gasteiger partial charge in [0.25, 0.3) is 0 Å². The summed E-state index contributed by atoms with van der Waals surface area (Å²) in [4.78, 5) is 0. The van der Waals surface area contributed by atoms with Crippen LogP contribution in [0.2, 0.25) is 0 Å². The maximum Gasteiger partial charge on any atom is 0.118 e. The highest BCUT2D eigenvalue weighted by atomic mass is 16.5. The molecule has 0 radical (unpaired) electrons. The Kier molecular flexibility index (Phi) is 4.03. The SMILES string of the molecule is COc1ccc(C2CCCCCC2C#N)cc1. The highest BCUT2D eigenvalue weighted by Gasteiger charge is 2.24. The molecule has 0 aromatic heterocycles. The third-order valence-electron chi connectivity index (χ3n) is 3.73. The van der Waals surface area contributed by atoms with Gasteiger partial charge in [0.05, 0.1) is 19.1 Å². The van der Waals surface area contributed by atoms with Crippen LogP contribution in [-0.4, -0.2) is 7.11 Å². The highest BCUT2D eigenvalue weighted by Crippen LogP contribution is 2.36. The monoisotopic (exact) mass is 229 g/mol. The van der Waals surface area contributed by atoms with Crippen LogP contribution in [0.3, 0.4) is 0 Å². The molecule has 0 heterocycles. The van der Waals surface area contributed by atoms with Crippen molar-refractivity contribution in [3.05, 3.63) is 29.8 Å². The van der Waals surface area contributed by atoms with Crippen LogP contribution < -0.4 is 4.74 Å². The fourth-order valence-corrected chi connectivity index (χ4v) is 2.71. The van der Waals surface area contributed by atoms with E-state index >= 15 is 0 Å². The largest absolute Gasteiger partial charge is 0.497 e. The lowest BCUT2D eigenvalue weighted by molar-refractivity contribution is 0.414. The minimum atomic E-state index is 0.186. The van der Waals surface area contributed by atoms with Crippen molar-refractivity contribution >= 4 is 0 Å². The summed E-state index contributed by atoms with van der Waals surface area (Å²) in [6.45, 7) is 0. The molecule has 1 saturated carbocycles. The molecule has 1 aromatic carbocycles. The molecule has 0 spiro atoms. The summed E-state index contributed by atoms with van der Waals surface area (Å²) in [5.74, 6) is 1.48. The Hall–Kier alpha value is -1.49. The van der Waals surface area contributed by atoms with Gasteiger partial charge in [-0.25, -0.2) is 0 Å². The topological polar surface area (TPSA) is 33.0 Å². The Bertz CT molecular complexity index is 390. The van der Waals surface area contributed by atoms with E-state index < -0.39 is 0 Å². The zero-order valence-electron chi connectivity index (χ0n) is 10.4. The van der Waals surface area contributed by atoms with E-state index in [1.807, 2.05) is 12.1 Å². The smallest absolute Gasteiger partial charge is 0.118 e. The molecule has 2 rings (SSSR count). The minimum absolute atomic E-state index is 0.186. The van der Waals surface area contributed by atoms with Crippen molar-refractivity contribution in [1.82, 2.24) is 0 Å². The van der Waals surface area contributed by atoms with Crippen molar-refractivity contribution < 1.29 is 4.74 Å². The van der Waals surface area contributed by atoms with E-state index in [0.717, 1.165) is 18.6 Å². The van der Waals surface area contributed by atoms with Gasteiger partial charge < -0.3 is 4.74 Å². The van der Waals surface area contributed by atoms with Crippen LogP contribution in [0.5, 0.6) is 5.75 Å². The van der Waals surface area contributed by atoms with Crippen LogP contribution in [0.25, 0.3) is 0 Å². The summed E-state index contributed by atoms with van der Waals surface area (Å²) < 4.78 is 5.17. The molecule has 1 aliphatic carbocycles.